The third kappa shape index (κ3) is 7.63. The Morgan fingerprint density at radius 1 is 1.07 bits per heavy atom. The molecule has 1 aromatic carbocycles. The van der Waals surface area contributed by atoms with Crippen LogP contribution in [0, 0.1) is 5.82 Å². The van der Waals surface area contributed by atoms with Crippen LogP contribution in [0.4, 0.5) is 4.39 Å². The summed E-state index contributed by atoms with van der Waals surface area (Å²) in [4.78, 5) is 32.2. The Labute approximate surface area is 270 Å². The highest BCUT2D eigenvalue weighted by Gasteiger charge is 2.24. The molecule has 0 amide bonds. The molecule has 1 aliphatic heterocycles. The zero-order valence-corrected chi connectivity index (χ0v) is 26.2. The topological polar surface area (TPSA) is 120 Å². The fraction of sp³-hybridized carbons (Fsp3) is 0.364. The Kier molecular flexibility index (Phi) is 9.74. The summed E-state index contributed by atoms with van der Waals surface area (Å²) in [6.07, 6.45) is 5.71. The standard InChI is InChI=1S/C33H35ClFN7O4/c1-2-41-21-36-17-25(41)18-42-30(39-28-9-7-23(38-33(28)42)8-11-32(43)44)19-40-14-12-26(13-15-40)46-31-5-3-4-24(37-31)20-45-29-10-6-22(34)16-27(29)35/h3-7,9-10,16-17,21,26H,2,8,11-15,18-20H2,1H3,(H,43,44). The van der Waals surface area contributed by atoms with E-state index in [1.54, 1.807) is 6.07 Å². The predicted molar refractivity (Wildman–Crippen MR) is 169 cm³/mol. The summed E-state index contributed by atoms with van der Waals surface area (Å²) in [6.45, 7) is 5.81. The molecule has 13 heteroatoms. The molecule has 0 atom stereocenters. The van der Waals surface area contributed by atoms with Crippen LogP contribution in [0.25, 0.3) is 11.2 Å². The smallest absolute Gasteiger partial charge is 0.303 e. The number of rotatable bonds is 13. The van der Waals surface area contributed by atoms with Crippen molar-refractivity contribution in [2.75, 3.05) is 13.1 Å². The van der Waals surface area contributed by atoms with Crippen LogP contribution < -0.4 is 9.47 Å². The Bertz CT molecular complexity index is 1820. The van der Waals surface area contributed by atoms with Gasteiger partial charge in [-0.1, -0.05) is 17.7 Å². The first-order valence-corrected chi connectivity index (χ1v) is 15.7. The van der Waals surface area contributed by atoms with Crippen LogP contribution in [0.5, 0.6) is 11.6 Å². The van der Waals surface area contributed by atoms with Gasteiger partial charge in [-0.3, -0.25) is 9.69 Å². The fourth-order valence-electron chi connectivity index (χ4n) is 5.58. The lowest BCUT2D eigenvalue weighted by Crippen LogP contribution is -2.38. The maximum absolute atomic E-state index is 14.1. The van der Waals surface area contributed by atoms with Gasteiger partial charge in [-0.25, -0.2) is 24.3 Å². The first kappa shape index (κ1) is 31.4. The number of imidazole rings is 2. The van der Waals surface area contributed by atoms with E-state index in [2.05, 4.69) is 30.9 Å². The van der Waals surface area contributed by atoms with Gasteiger partial charge in [0, 0.05) is 49.0 Å². The number of hydrogen-bond donors (Lipinski definition) is 1. The Hall–Kier alpha value is -4.55. The Morgan fingerprint density at radius 3 is 2.70 bits per heavy atom. The lowest BCUT2D eigenvalue weighted by atomic mass is 10.1. The van der Waals surface area contributed by atoms with Crippen molar-refractivity contribution in [2.45, 2.75) is 65.0 Å². The first-order chi connectivity index (χ1) is 22.3. The molecule has 1 saturated heterocycles. The van der Waals surface area contributed by atoms with Crippen molar-refractivity contribution in [3.8, 4) is 11.6 Å². The van der Waals surface area contributed by atoms with E-state index in [0.717, 1.165) is 60.9 Å². The van der Waals surface area contributed by atoms with Gasteiger partial charge in [0.15, 0.2) is 17.2 Å². The normalized spacial score (nSPS) is 14.2. The van der Waals surface area contributed by atoms with E-state index < -0.39 is 11.8 Å². The summed E-state index contributed by atoms with van der Waals surface area (Å²) in [5, 5.41) is 9.46. The average Bonchev–Trinajstić information content (AvgIpc) is 3.64. The number of carbonyl (C=O) groups is 1. The molecule has 6 rings (SSSR count). The summed E-state index contributed by atoms with van der Waals surface area (Å²) in [7, 11) is 0. The van der Waals surface area contributed by atoms with Crippen LogP contribution in [0.3, 0.4) is 0 Å². The summed E-state index contributed by atoms with van der Waals surface area (Å²) in [5.41, 5.74) is 3.93. The zero-order valence-electron chi connectivity index (χ0n) is 25.5. The molecule has 0 radical (unpaired) electrons. The average molecular weight is 648 g/mol. The SMILES string of the molecule is CCn1cncc1Cn1c(CN2CCC(Oc3cccc(COc4ccc(Cl)cc4F)n3)CC2)nc2ccc(CCC(=O)O)nc21. The molecule has 4 aromatic heterocycles. The van der Waals surface area contributed by atoms with Gasteiger partial charge in [0.2, 0.25) is 5.88 Å². The van der Waals surface area contributed by atoms with E-state index in [4.69, 9.17) is 36.1 Å². The minimum absolute atomic E-state index is 0.00445. The molecular formula is C33H35ClFN7O4. The number of carboxylic acids is 1. The second kappa shape index (κ2) is 14.3. The van der Waals surface area contributed by atoms with Crippen molar-refractivity contribution in [3.05, 3.63) is 94.8 Å². The van der Waals surface area contributed by atoms with Crippen molar-refractivity contribution < 1.29 is 23.8 Å². The maximum atomic E-state index is 14.1. The van der Waals surface area contributed by atoms with Crippen LogP contribution in [0.15, 0.2) is 61.1 Å². The molecule has 0 aliphatic carbocycles. The Balaban J connectivity index is 1.10. The van der Waals surface area contributed by atoms with Gasteiger partial charge >= 0.3 is 5.97 Å². The van der Waals surface area contributed by atoms with Crippen molar-refractivity contribution in [1.82, 2.24) is 34.0 Å². The summed E-state index contributed by atoms with van der Waals surface area (Å²) in [5.74, 6) is 0.150. The van der Waals surface area contributed by atoms with Gasteiger partial charge in [0.25, 0.3) is 0 Å². The number of fused-ring (bicyclic) bond motifs is 1. The highest BCUT2D eigenvalue weighted by Crippen LogP contribution is 2.24. The van der Waals surface area contributed by atoms with Crippen LogP contribution in [-0.4, -0.2) is 64.2 Å². The van der Waals surface area contributed by atoms with Crippen molar-refractivity contribution in [3.63, 3.8) is 0 Å². The van der Waals surface area contributed by atoms with Crippen LogP contribution >= 0.6 is 11.6 Å². The van der Waals surface area contributed by atoms with E-state index in [1.807, 2.05) is 42.9 Å². The van der Waals surface area contributed by atoms with Gasteiger partial charge < -0.3 is 23.7 Å². The van der Waals surface area contributed by atoms with E-state index >= 15 is 0 Å². The molecule has 1 N–H and O–H groups in total. The van der Waals surface area contributed by atoms with Crippen molar-refractivity contribution in [2.24, 2.45) is 0 Å². The Morgan fingerprint density at radius 2 is 1.91 bits per heavy atom. The number of halogens is 2. The number of aliphatic carboxylic acids is 1. The van der Waals surface area contributed by atoms with E-state index in [0.29, 0.717) is 36.1 Å². The molecule has 0 saturated carbocycles. The highest BCUT2D eigenvalue weighted by atomic mass is 35.5. The number of benzene rings is 1. The molecule has 5 heterocycles. The zero-order chi connectivity index (χ0) is 32.0. The number of nitrogens with zero attached hydrogens (tertiary/aromatic N) is 7. The molecule has 0 unspecified atom stereocenters. The number of ether oxygens (including phenoxy) is 2. The predicted octanol–water partition coefficient (Wildman–Crippen LogP) is 5.52. The molecule has 0 spiro atoms. The molecule has 0 bridgehead atoms. The van der Waals surface area contributed by atoms with Gasteiger partial charge in [0.05, 0.1) is 37.2 Å². The number of pyridine rings is 2. The van der Waals surface area contributed by atoms with Gasteiger partial charge in [-0.2, -0.15) is 0 Å². The quantitative estimate of drug-likeness (QED) is 0.176. The number of likely N-dealkylation sites (tertiary alicyclic amines) is 1. The minimum atomic E-state index is -0.848. The number of carboxylic acid groups (broad SMARTS) is 1. The second-order valence-electron chi connectivity index (χ2n) is 11.2. The first-order valence-electron chi connectivity index (χ1n) is 15.3. The fourth-order valence-corrected chi connectivity index (χ4v) is 5.74. The number of piperidine rings is 1. The summed E-state index contributed by atoms with van der Waals surface area (Å²) >= 11 is 5.83. The second-order valence-corrected chi connectivity index (χ2v) is 11.7. The third-order valence-electron chi connectivity index (χ3n) is 8.02. The lowest BCUT2D eigenvalue weighted by Gasteiger charge is -2.31. The van der Waals surface area contributed by atoms with Gasteiger partial charge in [0.1, 0.15) is 24.1 Å². The minimum Gasteiger partial charge on any atom is -0.484 e. The summed E-state index contributed by atoms with van der Waals surface area (Å²) < 4.78 is 30.1. The van der Waals surface area contributed by atoms with Crippen molar-refractivity contribution in [1.29, 1.82) is 0 Å². The molecule has 46 heavy (non-hydrogen) atoms. The van der Waals surface area contributed by atoms with Crippen molar-refractivity contribution >= 4 is 28.7 Å². The molecule has 1 aliphatic rings. The van der Waals surface area contributed by atoms with E-state index in [-0.39, 0.29) is 24.9 Å². The largest absolute Gasteiger partial charge is 0.484 e. The molecule has 11 nitrogen and oxygen atoms in total. The maximum Gasteiger partial charge on any atom is 0.303 e. The highest BCUT2D eigenvalue weighted by molar-refractivity contribution is 6.30. The lowest BCUT2D eigenvalue weighted by molar-refractivity contribution is -0.136. The van der Waals surface area contributed by atoms with Gasteiger partial charge in [-0.15, -0.1) is 0 Å². The summed E-state index contributed by atoms with van der Waals surface area (Å²) in [6, 6.07) is 13.6. The van der Waals surface area contributed by atoms with Gasteiger partial charge in [-0.05, 0) is 56.2 Å². The monoisotopic (exact) mass is 647 g/mol. The molecular weight excluding hydrogens is 613 g/mol. The van der Waals surface area contributed by atoms with Crippen LogP contribution in [0.2, 0.25) is 5.02 Å². The third-order valence-corrected chi connectivity index (χ3v) is 8.26. The number of aromatic nitrogens is 6. The molecule has 240 valence electrons. The van der Waals surface area contributed by atoms with Crippen LogP contribution in [-0.2, 0) is 37.5 Å². The number of aryl methyl sites for hydroxylation is 2. The van der Waals surface area contributed by atoms with Crippen LogP contribution in [0.1, 0.15) is 49.1 Å². The number of hydrogen-bond acceptors (Lipinski definition) is 8. The molecule has 5 aromatic rings. The van der Waals surface area contributed by atoms with E-state index in [1.165, 1.54) is 12.1 Å². The van der Waals surface area contributed by atoms with E-state index in [9.17, 15) is 9.18 Å². The molecule has 1 fully saturated rings.